The summed E-state index contributed by atoms with van der Waals surface area (Å²) in [5.74, 6) is 1.26. The first kappa shape index (κ1) is 17.0. The molecule has 1 aromatic heterocycles. The SMILES string of the molecule is COc1ccc(C(=O)N2CCc3oc(C4CCOCC4)nc3C2)cc1F. The Balaban J connectivity index is 1.50. The van der Waals surface area contributed by atoms with E-state index in [4.69, 9.17) is 13.9 Å². The molecule has 7 heteroatoms. The van der Waals surface area contributed by atoms with Crippen LogP contribution in [-0.4, -0.2) is 42.7 Å². The van der Waals surface area contributed by atoms with Crippen molar-refractivity contribution in [2.75, 3.05) is 26.9 Å². The van der Waals surface area contributed by atoms with Gasteiger partial charge in [-0.25, -0.2) is 9.37 Å². The van der Waals surface area contributed by atoms with Gasteiger partial charge >= 0.3 is 0 Å². The third-order valence-corrected chi connectivity index (χ3v) is 5.00. The van der Waals surface area contributed by atoms with Gasteiger partial charge in [0, 0.05) is 37.7 Å². The summed E-state index contributed by atoms with van der Waals surface area (Å²) >= 11 is 0. The zero-order valence-corrected chi connectivity index (χ0v) is 14.7. The number of oxazole rings is 1. The van der Waals surface area contributed by atoms with Gasteiger partial charge in [0.2, 0.25) is 0 Å². The summed E-state index contributed by atoms with van der Waals surface area (Å²) < 4.78 is 30.1. The van der Waals surface area contributed by atoms with Crippen LogP contribution in [0.4, 0.5) is 4.39 Å². The van der Waals surface area contributed by atoms with Crippen molar-refractivity contribution in [3.05, 3.63) is 46.9 Å². The summed E-state index contributed by atoms with van der Waals surface area (Å²) in [6, 6.07) is 4.26. The predicted molar refractivity (Wildman–Crippen MR) is 90.7 cm³/mol. The van der Waals surface area contributed by atoms with Crippen molar-refractivity contribution in [3.63, 3.8) is 0 Å². The second-order valence-electron chi connectivity index (χ2n) is 6.63. The molecule has 26 heavy (non-hydrogen) atoms. The zero-order chi connectivity index (χ0) is 18.1. The van der Waals surface area contributed by atoms with E-state index < -0.39 is 5.82 Å². The highest BCUT2D eigenvalue weighted by Gasteiger charge is 2.29. The number of hydrogen-bond acceptors (Lipinski definition) is 5. The first-order chi connectivity index (χ1) is 12.7. The maximum atomic E-state index is 13.9. The molecule has 0 aliphatic carbocycles. The van der Waals surface area contributed by atoms with Crippen LogP contribution < -0.4 is 4.74 Å². The lowest BCUT2D eigenvalue weighted by Crippen LogP contribution is -2.35. The maximum Gasteiger partial charge on any atom is 0.254 e. The molecule has 138 valence electrons. The molecule has 2 aliphatic rings. The van der Waals surface area contributed by atoms with Crippen LogP contribution in [0.1, 0.15) is 46.5 Å². The third-order valence-electron chi connectivity index (χ3n) is 5.00. The Labute approximate surface area is 150 Å². The standard InChI is InChI=1S/C19H21FN2O4/c1-24-16-3-2-13(10-14(16)20)19(23)22-7-4-17-15(11-22)21-18(26-17)12-5-8-25-9-6-12/h2-3,10,12H,4-9,11H2,1H3. The number of nitrogens with zero attached hydrogens (tertiary/aromatic N) is 2. The van der Waals surface area contributed by atoms with E-state index in [9.17, 15) is 9.18 Å². The van der Waals surface area contributed by atoms with Gasteiger partial charge in [0.25, 0.3) is 5.91 Å². The summed E-state index contributed by atoms with van der Waals surface area (Å²) in [6.07, 6.45) is 2.44. The summed E-state index contributed by atoms with van der Waals surface area (Å²) in [7, 11) is 1.40. The number of carbonyl (C=O) groups is 1. The molecule has 0 spiro atoms. The van der Waals surface area contributed by atoms with Gasteiger partial charge < -0.3 is 18.8 Å². The van der Waals surface area contributed by atoms with Gasteiger partial charge in [-0.05, 0) is 31.0 Å². The number of rotatable bonds is 3. The van der Waals surface area contributed by atoms with Crippen molar-refractivity contribution >= 4 is 5.91 Å². The van der Waals surface area contributed by atoms with E-state index in [0.29, 0.717) is 25.1 Å². The first-order valence-electron chi connectivity index (χ1n) is 8.84. The van der Waals surface area contributed by atoms with E-state index in [2.05, 4.69) is 4.98 Å². The third kappa shape index (κ3) is 3.19. The minimum absolute atomic E-state index is 0.125. The molecule has 0 atom stereocenters. The normalized spacial score (nSPS) is 17.8. The van der Waals surface area contributed by atoms with Gasteiger partial charge in [0.05, 0.1) is 13.7 Å². The molecule has 6 nitrogen and oxygen atoms in total. The van der Waals surface area contributed by atoms with Gasteiger partial charge in [-0.1, -0.05) is 0 Å². The fraction of sp³-hybridized carbons (Fsp3) is 0.474. The molecule has 1 amide bonds. The van der Waals surface area contributed by atoms with Crippen molar-refractivity contribution in [3.8, 4) is 5.75 Å². The summed E-state index contributed by atoms with van der Waals surface area (Å²) in [5.41, 5.74) is 1.11. The minimum Gasteiger partial charge on any atom is -0.494 e. The Bertz CT molecular complexity index is 814. The highest BCUT2D eigenvalue weighted by molar-refractivity contribution is 5.94. The van der Waals surface area contributed by atoms with Crippen molar-refractivity contribution in [1.29, 1.82) is 0 Å². The highest BCUT2D eigenvalue weighted by atomic mass is 19.1. The van der Waals surface area contributed by atoms with Crippen molar-refractivity contribution in [2.45, 2.75) is 31.7 Å². The minimum atomic E-state index is -0.542. The number of halogens is 1. The van der Waals surface area contributed by atoms with Crippen LogP contribution in [0, 0.1) is 5.82 Å². The second kappa shape index (κ2) is 7.07. The molecule has 0 bridgehead atoms. The lowest BCUT2D eigenvalue weighted by Gasteiger charge is -2.25. The fourth-order valence-electron chi connectivity index (χ4n) is 3.49. The van der Waals surface area contributed by atoms with Gasteiger partial charge in [0.1, 0.15) is 11.5 Å². The van der Waals surface area contributed by atoms with Crippen molar-refractivity contribution in [1.82, 2.24) is 9.88 Å². The van der Waals surface area contributed by atoms with Gasteiger partial charge in [0.15, 0.2) is 17.5 Å². The van der Waals surface area contributed by atoms with Crippen LogP contribution in [0.3, 0.4) is 0 Å². The Morgan fingerprint density at radius 1 is 1.35 bits per heavy atom. The van der Waals surface area contributed by atoms with E-state index in [-0.39, 0.29) is 17.6 Å². The Morgan fingerprint density at radius 2 is 2.15 bits per heavy atom. The van der Waals surface area contributed by atoms with Crippen LogP contribution >= 0.6 is 0 Å². The molecule has 1 saturated heterocycles. The van der Waals surface area contributed by atoms with E-state index in [1.165, 1.54) is 19.2 Å². The summed E-state index contributed by atoms with van der Waals surface area (Å²) in [6.45, 7) is 2.37. The zero-order valence-electron chi connectivity index (χ0n) is 14.7. The molecule has 1 fully saturated rings. The predicted octanol–water partition coefficient (Wildman–Crippen LogP) is 2.91. The van der Waals surface area contributed by atoms with Crippen LogP contribution in [-0.2, 0) is 17.7 Å². The molecule has 2 aromatic rings. The molecule has 0 N–H and O–H groups in total. The number of ether oxygens (including phenoxy) is 2. The number of carbonyl (C=O) groups excluding carboxylic acids is 1. The molecule has 1 aromatic carbocycles. The molecule has 0 radical (unpaired) electrons. The lowest BCUT2D eigenvalue weighted by molar-refractivity contribution is 0.0725. The first-order valence-corrected chi connectivity index (χ1v) is 8.84. The number of fused-ring (bicyclic) bond motifs is 1. The fourth-order valence-corrected chi connectivity index (χ4v) is 3.49. The number of aromatic nitrogens is 1. The van der Waals surface area contributed by atoms with Crippen LogP contribution in [0.15, 0.2) is 22.6 Å². The largest absolute Gasteiger partial charge is 0.494 e. The van der Waals surface area contributed by atoms with Gasteiger partial charge in [-0.3, -0.25) is 4.79 Å². The van der Waals surface area contributed by atoms with Gasteiger partial charge in [-0.2, -0.15) is 0 Å². The number of hydrogen-bond donors (Lipinski definition) is 0. The van der Waals surface area contributed by atoms with Crippen LogP contribution in [0.2, 0.25) is 0 Å². The maximum absolute atomic E-state index is 13.9. The van der Waals surface area contributed by atoms with Crippen LogP contribution in [0.25, 0.3) is 0 Å². The molecule has 0 saturated carbocycles. The van der Waals surface area contributed by atoms with Gasteiger partial charge in [-0.15, -0.1) is 0 Å². The topological polar surface area (TPSA) is 64.8 Å². The average molecular weight is 360 g/mol. The lowest BCUT2D eigenvalue weighted by atomic mass is 10.0. The van der Waals surface area contributed by atoms with Crippen LogP contribution in [0.5, 0.6) is 5.75 Å². The van der Waals surface area contributed by atoms with E-state index in [1.54, 1.807) is 11.0 Å². The smallest absolute Gasteiger partial charge is 0.254 e. The molecule has 2 aliphatic heterocycles. The average Bonchev–Trinajstić information content (AvgIpc) is 3.11. The molecule has 3 heterocycles. The number of benzene rings is 1. The van der Waals surface area contributed by atoms with E-state index in [0.717, 1.165) is 43.4 Å². The van der Waals surface area contributed by atoms with E-state index in [1.807, 2.05) is 0 Å². The Hall–Kier alpha value is -2.41. The molecular formula is C19H21FN2O4. The quantitative estimate of drug-likeness (QED) is 0.842. The monoisotopic (exact) mass is 360 g/mol. The second-order valence-corrected chi connectivity index (χ2v) is 6.63. The van der Waals surface area contributed by atoms with Crippen molar-refractivity contribution in [2.24, 2.45) is 0 Å². The number of methoxy groups -OCH3 is 1. The van der Waals surface area contributed by atoms with E-state index >= 15 is 0 Å². The summed E-state index contributed by atoms with van der Waals surface area (Å²) in [5, 5.41) is 0. The molecular weight excluding hydrogens is 339 g/mol. The number of amides is 1. The Kier molecular flexibility index (Phi) is 4.63. The highest BCUT2D eigenvalue weighted by Crippen LogP contribution is 2.30. The molecule has 4 rings (SSSR count). The summed E-state index contributed by atoms with van der Waals surface area (Å²) in [4.78, 5) is 19.0. The molecule has 0 unspecified atom stereocenters. The Morgan fingerprint density at radius 3 is 2.88 bits per heavy atom. The van der Waals surface area contributed by atoms with Crippen molar-refractivity contribution < 1.29 is 23.1 Å².